The summed E-state index contributed by atoms with van der Waals surface area (Å²) in [6.07, 6.45) is 8.99. The quantitative estimate of drug-likeness (QED) is 0.334. The van der Waals surface area contributed by atoms with Crippen molar-refractivity contribution >= 4 is 28.7 Å². The number of hydrogen-bond donors (Lipinski definition) is 0. The summed E-state index contributed by atoms with van der Waals surface area (Å²) in [6.45, 7) is 5.50. The van der Waals surface area contributed by atoms with Crippen LogP contribution in [0.4, 0.5) is 0 Å². The molecule has 30 heavy (non-hydrogen) atoms. The Morgan fingerprint density at radius 3 is 2.60 bits per heavy atom. The minimum Gasteiger partial charge on any atom is -0.347 e. The monoisotopic (exact) mass is 400 g/mol. The van der Waals surface area contributed by atoms with Crippen molar-refractivity contribution in [3.8, 4) is 0 Å². The maximum atomic E-state index is 12.4. The number of benzene rings is 2. The van der Waals surface area contributed by atoms with Crippen molar-refractivity contribution in [2.24, 2.45) is 11.1 Å². The van der Waals surface area contributed by atoms with E-state index < -0.39 is 5.97 Å². The molecule has 2 aromatic carbocycles. The third-order valence-corrected chi connectivity index (χ3v) is 5.86. The summed E-state index contributed by atoms with van der Waals surface area (Å²) in [7, 11) is 0. The number of unbranched alkanes of at least 4 members (excludes halogenated alkanes) is 1. The maximum Gasteiger partial charge on any atom is 0.368 e. The molecule has 1 aliphatic heterocycles. The van der Waals surface area contributed by atoms with Crippen molar-refractivity contribution in [1.82, 2.24) is 4.57 Å². The lowest BCUT2D eigenvalue weighted by molar-refractivity contribution is -0.136. The second-order valence-corrected chi connectivity index (χ2v) is 7.91. The Balaban J connectivity index is 1.72. The van der Waals surface area contributed by atoms with Gasteiger partial charge in [0.25, 0.3) is 0 Å². The highest BCUT2D eigenvalue weighted by atomic mass is 16.7. The van der Waals surface area contributed by atoms with Gasteiger partial charge in [0.1, 0.15) is 5.71 Å². The molecular weight excluding hydrogens is 372 g/mol. The molecule has 4 rings (SSSR count). The van der Waals surface area contributed by atoms with Gasteiger partial charge in [0.2, 0.25) is 0 Å². The molecule has 0 bridgehead atoms. The number of rotatable bonds is 8. The average molecular weight is 401 g/mol. The molecule has 154 valence electrons. The summed E-state index contributed by atoms with van der Waals surface area (Å²) < 4.78 is 2.34. The second-order valence-electron chi connectivity index (χ2n) is 7.91. The van der Waals surface area contributed by atoms with Gasteiger partial charge in [-0.1, -0.05) is 86.8 Å². The van der Waals surface area contributed by atoms with Crippen LogP contribution in [0.15, 0.2) is 71.5 Å². The van der Waals surface area contributed by atoms with Crippen LogP contribution in [0.2, 0.25) is 0 Å². The van der Waals surface area contributed by atoms with Crippen LogP contribution >= 0.6 is 0 Å². The Kier molecular flexibility index (Phi) is 6.12. The van der Waals surface area contributed by atoms with Crippen LogP contribution in [0.5, 0.6) is 0 Å². The third-order valence-electron chi connectivity index (χ3n) is 5.86. The Bertz CT molecular complexity index is 1090. The molecular formula is C26H28N2O2. The predicted molar refractivity (Wildman–Crippen MR) is 122 cm³/mol. The van der Waals surface area contributed by atoms with Gasteiger partial charge in [0.15, 0.2) is 0 Å². The molecule has 4 nitrogen and oxygen atoms in total. The lowest BCUT2D eigenvalue weighted by atomic mass is 9.99. The highest BCUT2D eigenvalue weighted by Crippen LogP contribution is 2.28. The molecule has 2 heterocycles. The largest absolute Gasteiger partial charge is 0.368 e. The highest BCUT2D eigenvalue weighted by molar-refractivity contribution is 6.31. The van der Waals surface area contributed by atoms with E-state index in [1.807, 2.05) is 42.5 Å². The maximum absolute atomic E-state index is 12.4. The van der Waals surface area contributed by atoms with Crippen molar-refractivity contribution in [2.75, 3.05) is 0 Å². The first-order valence-corrected chi connectivity index (χ1v) is 10.9. The molecule has 0 aliphatic carbocycles. The van der Waals surface area contributed by atoms with Crippen molar-refractivity contribution in [1.29, 1.82) is 0 Å². The smallest absolute Gasteiger partial charge is 0.347 e. The standard InChI is InChI=1S/C26H28N2O2/c1-3-5-11-19(4-2)17-28-18-21(22-14-9-10-15-24(22)28)16-23-25(27-30-26(23)29)20-12-7-6-8-13-20/h6-10,12-16,18-19H,3-5,11,17H2,1-2H3/b23-16-. The summed E-state index contributed by atoms with van der Waals surface area (Å²) in [6, 6.07) is 18.1. The molecule has 0 radical (unpaired) electrons. The van der Waals surface area contributed by atoms with Crippen LogP contribution in [0.1, 0.15) is 50.7 Å². The van der Waals surface area contributed by atoms with E-state index in [1.54, 1.807) is 0 Å². The van der Waals surface area contributed by atoms with E-state index in [1.165, 1.54) is 31.2 Å². The molecule has 4 heteroatoms. The van der Waals surface area contributed by atoms with Crippen LogP contribution in [0.3, 0.4) is 0 Å². The number of carbonyl (C=O) groups excluding carboxylic acids is 1. The SMILES string of the molecule is CCCCC(CC)Cn1cc(/C=C2\C(=O)ON=C2c2ccccc2)c2ccccc21. The van der Waals surface area contributed by atoms with Crippen LogP contribution in [0.25, 0.3) is 17.0 Å². The number of para-hydroxylation sites is 1. The molecule has 0 saturated heterocycles. The Morgan fingerprint density at radius 1 is 1.07 bits per heavy atom. The first-order chi connectivity index (χ1) is 14.7. The van der Waals surface area contributed by atoms with E-state index in [-0.39, 0.29) is 0 Å². The molecule has 0 fully saturated rings. The molecule has 3 aromatic rings. The number of aromatic nitrogens is 1. The van der Waals surface area contributed by atoms with Gasteiger partial charge in [0, 0.05) is 34.8 Å². The number of carbonyl (C=O) groups is 1. The zero-order chi connectivity index (χ0) is 20.9. The van der Waals surface area contributed by atoms with Gasteiger partial charge < -0.3 is 9.40 Å². The van der Waals surface area contributed by atoms with Gasteiger partial charge in [-0.2, -0.15) is 0 Å². The van der Waals surface area contributed by atoms with Gasteiger partial charge in [0.05, 0.1) is 5.57 Å². The molecule has 1 aliphatic rings. The van der Waals surface area contributed by atoms with E-state index >= 15 is 0 Å². The first-order valence-electron chi connectivity index (χ1n) is 10.9. The summed E-state index contributed by atoms with van der Waals surface area (Å²) in [4.78, 5) is 17.5. The van der Waals surface area contributed by atoms with Gasteiger partial charge in [-0.3, -0.25) is 0 Å². The topological polar surface area (TPSA) is 43.6 Å². The van der Waals surface area contributed by atoms with E-state index in [9.17, 15) is 4.79 Å². The fourth-order valence-electron chi connectivity index (χ4n) is 4.11. The van der Waals surface area contributed by atoms with Crippen molar-refractivity contribution in [3.05, 3.63) is 77.5 Å². The van der Waals surface area contributed by atoms with E-state index in [2.05, 4.69) is 48.0 Å². The Morgan fingerprint density at radius 2 is 1.83 bits per heavy atom. The van der Waals surface area contributed by atoms with Gasteiger partial charge in [-0.25, -0.2) is 4.79 Å². The first kappa shape index (κ1) is 20.1. The van der Waals surface area contributed by atoms with Gasteiger partial charge in [-0.05, 0) is 24.5 Å². The minimum atomic E-state index is -0.403. The van der Waals surface area contributed by atoms with Crippen LogP contribution < -0.4 is 0 Å². The van der Waals surface area contributed by atoms with Crippen molar-refractivity contribution in [3.63, 3.8) is 0 Å². The molecule has 1 aromatic heterocycles. The van der Waals surface area contributed by atoms with Crippen LogP contribution in [-0.4, -0.2) is 16.2 Å². The van der Waals surface area contributed by atoms with Gasteiger partial charge >= 0.3 is 5.97 Å². The zero-order valence-corrected chi connectivity index (χ0v) is 17.7. The zero-order valence-electron chi connectivity index (χ0n) is 17.7. The molecule has 0 spiro atoms. The van der Waals surface area contributed by atoms with Crippen LogP contribution in [0, 0.1) is 5.92 Å². The lowest BCUT2D eigenvalue weighted by Gasteiger charge is -2.16. The fourth-order valence-corrected chi connectivity index (χ4v) is 4.11. The van der Waals surface area contributed by atoms with Gasteiger partial charge in [-0.15, -0.1) is 0 Å². The van der Waals surface area contributed by atoms with E-state index in [0.29, 0.717) is 17.2 Å². The second kappa shape index (κ2) is 9.12. The lowest BCUT2D eigenvalue weighted by Crippen LogP contribution is -2.09. The third kappa shape index (κ3) is 4.09. The molecule has 0 saturated carbocycles. The molecule has 1 atom stereocenters. The number of fused-ring (bicyclic) bond motifs is 1. The highest BCUT2D eigenvalue weighted by Gasteiger charge is 2.27. The van der Waals surface area contributed by atoms with Crippen molar-refractivity contribution < 1.29 is 9.63 Å². The van der Waals surface area contributed by atoms with E-state index in [4.69, 9.17) is 4.84 Å². The Labute approximate surface area is 177 Å². The fraction of sp³-hybridized carbons (Fsp3) is 0.308. The number of hydrogen-bond acceptors (Lipinski definition) is 3. The van der Waals surface area contributed by atoms with Crippen LogP contribution in [-0.2, 0) is 16.2 Å². The number of oxime groups is 1. The summed E-state index contributed by atoms with van der Waals surface area (Å²) in [5.74, 6) is 0.249. The molecule has 0 N–H and O–H groups in total. The predicted octanol–water partition coefficient (Wildman–Crippen LogP) is 6.20. The number of nitrogens with zero attached hydrogens (tertiary/aromatic N) is 2. The molecule has 0 amide bonds. The summed E-state index contributed by atoms with van der Waals surface area (Å²) in [5.41, 5.74) is 4.19. The summed E-state index contributed by atoms with van der Waals surface area (Å²) >= 11 is 0. The minimum absolute atomic E-state index is 0.403. The summed E-state index contributed by atoms with van der Waals surface area (Å²) in [5, 5.41) is 5.18. The normalized spacial score (nSPS) is 16.1. The molecule has 1 unspecified atom stereocenters. The Hall–Kier alpha value is -3.14. The van der Waals surface area contributed by atoms with E-state index in [0.717, 1.165) is 23.1 Å². The van der Waals surface area contributed by atoms with Crippen molar-refractivity contribution in [2.45, 2.75) is 46.1 Å². The average Bonchev–Trinajstić information content (AvgIpc) is 3.32.